The summed E-state index contributed by atoms with van der Waals surface area (Å²) in [7, 11) is 0. The summed E-state index contributed by atoms with van der Waals surface area (Å²) >= 11 is 0. The number of piperidine rings is 2. The number of likely N-dealkylation sites (tertiary alicyclic amines) is 1. The van der Waals surface area contributed by atoms with Crippen LogP contribution in [0.5, 0.6) is 0 Å². The Labute approximate surface area is 154 Å². The van der Waals surface area contributed by atoms with E-state index in [0.29, 0.717) is 24.2 Å². The highest BCUT2D eigenvalue weighted by Crippen LogP contribution is 2.39. The number of benzene rings is 1. The number of nitrogens with one attached hydrogen (secondary N) is 1. The molecule has 3 heterocycles. The van der Waals surface area contributed by atoms with Crippen LogP contribution in [0.2, 0.25) is 0 Å². The number of aromatic nitrogens is 2. The number of aliphatic hydroxyl groups excluding tert-OH is 1. The van der Waals surface area contributed by atoms with Crippen molar-refractivity contribution in [3.63, 3.8) is 0 Å². The van der Waals surface area contributed by atoms with Crippen molar-refractivity contribution in [2.75, 3.05) is 26.2 Å². The molecule has 6 heteroatoms. The van der Waals surface area contributed by atoms with E-state index in [4.69, 9.17) is 0 Å². The molecule has 0 saturated carbocycles. The number of hydrogen-bond acceptors (Lipinski definition) is 4. The van der Waals surface area contributed by atoms with Crippen molar-refractivity contribution in [2.45, 2.75) is 45.3 Å². The van der Waals surface area contributed by atoms with Gasteiger partial charge in [0.05, 0.1) is 11.0 Å². The molecular weight excluding hydrogens is 328 g/mol. The van der Waals surface area contributed by atoms with Crippen LogP contribution in [-0.4, -0.2) is 51.6 Å². The third-order valence-corrected chi connectivity index (χ3v) is 6.27. The van der Waals surface area contributed by atoms with Crippen LogP contribution in [-0.2, 0) is 17.9 Å². The molecule has 6 nitrogen and oxygen atoms in total. The van der Waals surface area contributed by atoms with Gasteiger partial charge in [0, 0.05) is 26.1 Å². The van der Waals surface area contributed by atoms with Crippen LogP contribution in [0.25, 0.3) is 11.0 Å². The predicted octanol–water partition coefficient (Wildman–Crippen LogP) is 1.91. The number of aryl methyl sites for hydroxylation is 1. The number of imidazole rings is 1. The summed E-state index contributed by atoms with van der Waals surface area (Å²) in [6.45, 7) is 4.47. The lowest BCUT2D eigenvalue weighted by atomic mass is 9.71. The van der Waals surface area contributed by atoms with Gasteiger partial charge in [0.25, 0.3) is 0 Å². The van der Waals surface area contributed by atoms with Gasteiger partial charge >= 0.3 is 0 Å². The molecule has 2 aliphatic rings. The van der Waals surface area contributed by atoms with Gasteiger partial charge in [-0.3, -0.25) is 4.79 Å². The van der Waals surface area contributed by atoms with Crippen LogP contribution >= 0.6 is 0 Å². The van der Waals surface area contributed by atoms with Gasteiger partial charge in [0.2, 0.25) is 5.91 Å². The minimum Gasteiger partial charge on any atom is -0.388 e. The zero-order chi connectivity index (χ0) is 18.0. The summed E-state index contributed by atoms with van der Waals surface area (Å²) in [5, 5.41) is 13.0. The third-order valence-electron chi connectivity index (χ3n) is 6.27. The third kappa shape index (κ3) is 3.35. The zero-order valence-electron chi connectivity index (χ0n) is 15.3. The zero-order valence-corrected chi connectivity index (χ0v) is 15.3. The highest BCUT2D eigenvalue weighted by atomic mass is 16.3. The van der Waals surface area contributed by atoms with Crippen LogP contribution in [0.15, 0.2) is 24.3 Å². The summed E-state index contributed by atoms with van der Waals surface area (Å²) < 4.78 is 1.98. The second-order valence-corrected chi connectivity index (χ2v) is 7.71. The molecule has 0 bridgehead atoms. The maximum absolute atomic E-state index is 12.7. The Balaban J connectivity index is 1.37. The fourth-order valence-corrected chi connectivity index (χ4v) is 4.55. The van der Waals surface area contributed by atoms with Gasteiger partial charge in [-0.05, 0) is 56.3 Å². The van der Waals surface area contributed by atoms with Gasteiger partial charge in [0.1, 0.15) is 12.4 Å². The molecule has 26 heavy (non-hydrogen) atoms. The number of amides is 1. The first-order chi connectivity index (χ1) is 12.7. The average molecular weight is 356 g/mol. The maximum atomic E-state index is 12.7. The molecular formula is C20H28N4O2. The van der Waals surface area contributed by atoms with Crippen LogP contribution in [0.4, 0.5) is 0 Å². The van der Waals surface area contributed by atoms with E-state index in [-0.39, 0.29) is 12.5 Å². The molecule has 0 radical (unpaired) electrons. The van der Waals surface area contributed by atoms with Crippen LogP contribution in [0.1, 0.15) is 37.9 Å². The number of para-hydroxylation sites is 2. The Morgan fingerprint density at radius 1 is 1.15 bits per heavy atom. The van der Waals surface area contributed by atoms with Crippen molar-refractivity contribution in [3.05, 3.63) is 30.1 Å². The second-order valence-electron chi connectivity index (χ2n) is 7.71. The van der Waals surface area contributed by atoms with E-state index < -0.39 is 0 Å². The van der Waals surface area contributed by atoms with Crippen LogP contribution in [0.3, 0.4) is 0 Å². The molecule has 1 aromatic heterocycles. The summed E-state index contributed by atoms with van der Waals surface area (Å²) in [6.07, 6.45) is 5.22. The van der Waals surface area contributed by atoms with Gasteiger partial charge < -0.3 is 19.9 Å². The largest absolute Gasteiger partial charge is 0.388 e. The number of carbonyl (C=O) groups is 1. The molecule has 2 aliphatic heterocycles. The summed E-state index contributed by atoms with van der Waals surface area (Å²) in [4.78, 5) is 19.2. The van der Waals surface area contributed by atoms with Gasteiger partial charge in [-0.2, -0.15) is 0 Å². The minimum atomic E-state index is -0.108. The first-order valence-electron chi connectivity index (χ1n) is 9.74. The monoisotopic (exact) mass is 356 g/mol. The molecule has 1 aromatic carbocycles. The number of rotatable bonds is 4. The van der Waals surface area contributed by atoms with Crippen molar-refractivity contribution in [1.82, 2.24) is 19.8 Å². The number of fused-ring (bicyclic) bond motifs is 1. The minimum absolute atomic E-state index is 0.108. The van der Waals surface area contributed by atoms with Gasteiger partial charge in [-0.25, -0.2) is 4.98 Å². The number of aliphatic hydroxyl groups is 1. The molecule has 140 valence electrons. The summed E-state index contributed by atoms with van der Waals surface area (Å²) in [5.74, 6) is 0.849. The molecule has 4 rings (SSSR count). The molecule has 0 atom stereocenters. The lowest BCUT2D eigenvalue weighted by Gasteiger charge is -2.44. The summed E-state index contributed by atoms with van der Waals surface area (Å²) in [5.41, 5.74) is 2.32. The quantitative estimate of drug-likeness (QED) is 0.878. The first kappa shape index (κ1) is 17.5. The van der Waals surface area contributed by atoms with Crippen molar-refractivity contribution >= 4 is 16.9 Å². The molecule has 0 aliphatic carbocycles. The standard InChI is InChI=1S/C20H28N4O2/c25-15-18-22-16-3-1-2-4-17(16)24(18)12-5-19(26)23-13-8-20(9-14-23)6-10-21-11-7-20/h1-4,21,25H,5-15H2. The number of hydrogen-bond donors (Lipinski definition) is 2. The van der Waals surface area contributed by atoms with E-state index in [2.05, 4.69) is 10.3 Å². The predicted molar refractivity (Wildman–Crippen MR) is 101 cm³/mol. The van der Waals surface area contributed by atoms with E-state index in [0.717, 1.165) is 50.1 Å². The SMILES string of the molecule is O=C(CCn1c(CO)nc2ccccc21)N1CCC2(CCNCC2)CC1. The molecule has 0 unspecified atom stereocenters. The normalized spacial score (nSPS) is 20.0. The molecule has 2 N–H and O–H groups in total. The highest BCUT2D eigenvalue weighted by molar-refractivity contribution is 5.78. The molecule has 1 spiro atoms. The smallest absolute Gasteiger partial charge is 0.224 e. The van der Waals surface area contributed by atoms with Crippen molar-refractivity contribution in [2.24, 2.45) is 5.41 Å². The Hall–Kier alpha value is -1.92. The molecule has 2 saturated heterocycles. The van der Waals surface area contributed by atoms with E-state index in [9.17, 15) is 9.90 Å². The van der Waals surface area contributed by atoms with Crippen molar-refractivity contribution < 1.29 is 9.90 Å². The maximum Gasteiger partial charge on any atom is 0.224 e. The molecule has 1 amide bonds. The average Bonchev–Trinajstić information content (AvgIpc) is 3.05. The Bertz CT molecular complexity index is 769. The van der Waals surface area contributed by atoms with Crippen LogP contribution < -0.4 is 5.32 Å². The Morgan fingerprint density at radius 2 is 1.88 bits per heavy atom. The fourth-order valence-electron chi connectivity index (χ4n) is 4.55. The van der Waals surface area contributed by atoms with E-state index in [1.54, 1.807) is 0 Å². The Morgan fingerprint density at radius 3 is 2.62 bits per heavy atom. The lowest BCUT2D eigenvalue weighted by molar-refractivity contribution is -0.134. The van der Waals surface area contributed by atoms with E-state index >= 15 is 0 Å². The number of carbonyl (C=O) groups excluding carboxylic acids is 1. The van der Waals surface area contributed by atoms with E-state index in [1.165, 1.54) is 12.8 Å². The topological polar surface area (TPSA) is 70.4 Å². The van der Waals surface area contributed by atoms with Crippen LogP contribution in [0, 0.1) is 5.41 Å². The first-order valence-corrected chi connectivity index (χ1v) is 9.74. The van der Waals surface area contributed by atoms with Crippen molar-refractivity contribution in [1.29, 1.82) is 0 Å². The molecule has 2 aromatic rings. The fraction of sp³-hybridized carbons (Fsp3) is 0.600. The highest BCUT2D eigenvalue weighted by Gasteiger charge is 2.36. The second kappa shape index (κ2) is 7.37. The van der Waals surface area contributed by atoms with Gasteiger partial charge in [-0.15, -0.1) is 0 Å². The number of nitrogens with zero attached hydrogens (tertiary/aromatic N) is 3. The van der Waals surface area contributed by atoms with Gasteiger partial charge in [-0.1, -0.05) is 12.1 Å². The lowest BCUT2D eigenvalue weighted by Crippen LogP contribution is -2.47. The van der Waals surface area contributed by atoms with Gasteiger partial charge in [0.15, 0.2) is 0 Å². The van der Waals surface area contributed by atoms with E-state index in [1.807, 2.05) is 33.7 Å². The Kier molecular flexibility index (Phi) is 4.96. The summed E-state index contributed by atoms with van der Waals surface area (Å²) in [6, 6.07) is 7.84. The molecule has 2 fully saturated rings. The van der Waals surface area contributed by atoms with Crippen molar-refractivity contribution in [3.8, 4) is 0 Å².